The summed E-state index contributed by atoms with van der Waals surface area (Å²) in [6, 6.07) is 11.4. The number of benzene rings is 2. The molecule has 3 amide bonds. The Bertz CT molecular complexity index is 1480. The first kappa shape index (κ1) is 38.6. The highest BCUT2D eigenvalue weighted by atomic mass is 35.5. The third kappa shape index (κ3) is 11.7. The molecule has 0 saturated heterocycles. The summed E-state index contributed by atoms with van der Waals surface area (Å²) in [6.07, 6.45) is 6.22. The summed E-state index contributed by atoms with van der Waals surface area (Å²) in [5, 5.41) is 17.1. The van der Waals surface area contributed by atoms with E-state index in [-0.39, 0.29) is 31.2 Å². The molecule has 48 heavy (non-hydrogen) atoms. The molecular formula is C37H52ClN5O5. The largest absolute Gasteiger partial charge is 0.480 e. The highest BCUT2D eigenvalue weighted by Gasteiger charge is 2.32. The number of likely N-dealkylation sites (N-methyl/N-ethyl adjacent to an activating group) is 1. The lowest BCUT2D eigenvalue weighted by molar-refractivity contribution is -0.142. The lowest BCUT2D eigenvalue weighted by Crippen LogP contribution is -2.57. The Kier molecular flexibility index (Phi) is 15.4. The highest BCUT2D eigenvalue weighted by Crippen LogP contribution is 2.20. The van der Waals surface area contributed by atoms with Crippen LogP contribution < -0.4 is 10.6 Å². The maximum absolute atomic E-state index is 14.1. The number of carbonyl (C=O) groups excluding carboxylic acids is 3. The number of nitrogens with one attached hydrogen (secondary N) is 3. The standard InChI is InChI=1S/C37H52ClN5O5/c1-6-8-18-43(19-9-7-2)34(44)24-42(5)33(20-25(3)4)36(46)40-31(22-27-23-39-30-13-11-10-12-29(27)30)35(45)41-32(37(47)48)21-26-14-16-28(38)17-15-26/h10-17,23,25,31-33,39H,6-9,18-22,24H2,1-5H3,(H,40,46)(H,41,45)(H,47,48)/t31-,32+,33?/m1/s1. The summed E-state index contributed by atoms with van der Waals surface area (Å²) < 4.78 is 0. The summed E-state index contributed by atoms with van der Waals surface area (Å²) in [7, 11) is 1.77. The van der Waals surface area contributed by atoms with Crippen LogP contribution in [0, 0.1) is 5.92 Å². The van der Waals surface area contributed by atoms with E-state index in [2.05, 4.69) is 29.5 Å². The van der Waals surface area contributed by atoms with Crippen molar-refractivity contribution in [2.45, 2.75) is 90.8 Å². The van der Waals surface area contributed by atoms with Gasteiger partial charge in [-0.05, 0) is 61.6 Å². The Morgan fingerprint density at radius 2 is 1.50 bits per heavy atom. The molecule has 0 fully saturated rings. The van der Waals surface area contributed by atoms with Crippen LogP contribution in [0.2, 0.25) is 5.02 Å². The van der Waals surface area contributed by atoms with Gasteiger partial charge in [-0.25, -0.2) is 4.79 Å². The number of H-pyrrole nitrogens is 1. The number of hydrogen-bond acceptors (Lipinski definition) is 5. The van der Waals surface area contributed by atoms with E-state index < -0.39 is 35.9 Å². The van der Waals surface area contributed by atoms with Crippen molar-refractivity contribution in [2.24, 2.45) is 5.92 Å². The van der Waals surface area contributed by atoms with E-state index in [1.807, 2.05) is 43.0 Å². The molecule has 1 unspecified atom stereocenters. The highest BCUT2D eigenvalue weighted by molar-refractivity contribution is 6.30. The number of aromatic amines is 1. The molecule has 0 spiro atoms. The Morgan fingerprint density at radius 3 is 2.10 bits per heavy atom. The van der Waals surface area contributed by atoms with E-state index in [1.165, 1.54) is 0 Å². The molecule has 3 atom stereocenters. The second kappa shape index (κ2) is 19.2. The van der Waals surface area contributed by atoms with E-state index in [4.69, 9.17) is 11.6 Å². The Labute approximate surface area is 289 Å². The topological polar surface area (TPSA) is 135 Å². The van der Waals surface area contributed by atoms with Gasteiger partial charge in [0.1, 0.15) is 12.1 Å². The average Bonchev–Trinajstić information content (AvgIpc) is 3.46. The van der Waals surface area contributed by atoms with Gasteiger partial charge >= 0.3 is 5.97 Å². The van der Waals surface area contributed by atoms with Gasteiger partial charge in [0, 0.05) is 48.1 Å². The molecule has 1 heterocycles. The number of para-hydroxylation sites is 1. The van der Waals surface area contributed by atoms with E-state index >= 15 is 0 Å². The summed E-state index contributed by atoms with van der Waals surface area (Å²) in [5.41, 5.74) is 2.39. The van der Waals surface area contributed by atoms with Gasteiger partial charge in [0.15, 0.2) is 0 Å². The van der Waals surface area contributed by atoms with Crippen LogP contribution in [-0.2, 0) is 32.0 Å². The molecule has 3 aromatic rings. The number of aromatic nitrogens is 1. The number of rotatable bonds is 20. The number of carbonyl (C=O) groups is 4. The number of unbranched alkanes of at least 4 members (excludes halogenated alkanes) is 2. The average molecular weight is 682 g/mol. The van der Waals surface area contributed by atoms with Crippen molar-refractivity contribution < 1.29 is 24.3 Å². The first-order valence-electron chi connectivity index (χ1n) is 17.0. The van der Waals surface area contributed by atoms with Crippen LogP contribution >= 0.6 is 11.6 Å². The smallest absolute Gasteiger partial charge is 0.326 e. The van der Waals surface area contributed by atoms with Crippen LogP contribution in [0.5, 0.6) is 0 Å². The SMILES string of the molecule is CCCCN(CCCC)C(=O)CN(C)C(CC(C)C)C(=O)N[C@H](Cc1c[nH]c2ccccc12)C(=O)N[C@@H](Cc1ccc(Cl)cc1)C(=O)O. The van der Waals surface area contributed by atoms with Crippen LogP contribution in [0.15, 0.2) is 54.7 Å². The molecular weight excluding hydrogens is 630 g/mol. The Hall–Kier alpha value is -3.89. The first-order valence-corrected chi connectivity index (χ1v) is 17.4. The van der Waals surface area contributed by atoms with Crippen LogP contribution in [0.25, 0.3) is 10.9 Å². The molecule has 1 aromatic heterocycles. The molecule has 11 heteroatoms. The summed E-state index contributed by atoms with van der Waals surface area (Å²) in [6.45, 7) is 9.63. The normalized spacial score (nSPS) is 13.3. The van der Waals surface area contributed by atoms with Gasteiger partial charge in [-0.2, -0.15) is 0 Å². The minimum absolute atomic E-state index is 0.0273. The van der Waals surface area contributed by atoms with Gasteiger partial charge in [0.05, 0.1) is 12.6 Å². The van der Waals surface area contributed by atoms with Gasteiger partial charge in [-0.3, -0.25) is 19.3 Å². The number of carboxylic acid groups (broad SMARTS) is 1. The summed E-state index contributed by atoms with van der Waals surface area (Å²) in [4.78, 5) is 60.5. The third-order valence-corrected chi connectivity index (χ3v) is 8.78. The van der Waals surface area contributed by atoms with Crippen molar-refractivity contribution in [2.75, 3.05) is 26.7 Å². The number of nitrogens with zero attached hydrogens (tertiary/aromatic N) is 2. The van der Waals surface area contributed by atoms with Crippen molar-refractivity contribution in [1.29, 1.82) is 0 Å². The zero-order valence-corrected chi connectivity index (χ0v) is 29.7. The molecule has 0 aliphatic rings. The summed E-state index contributed by atoms with van der Waals surface area (Å²) >= 11 is 6.00. The second-order valence-corrected chi connectivity index (χ2v) is 13.4. The number of fused-ring (bicyclic) bond motifs is 1. The maximum atomic E-state index is 14.1. The lowest BCUT2D eigenvalue weighted by atomic mass is 9.99. The number of carboxylic acids is 1. The van der Waals surface area contributed by atoms with E-state index in [9.17, 15) is 24.3 Å². The minimum Gasteiger partial charge on any atom is -0.480 e. The molecule has 262 valence electrons. The van der Waals surface area contributed by atoms with Crippen LogP contribution in [0.3, 0.4) is 0 Å². The Morgan fingerprint density at radius 1 is 0.875 bits per heavy atom. The fourth-order valence-corrected chi connectivity index (χ4v) is 5.87. The van der Waals surface area contributed by atoms with Crippen molar-refractivity contribution >= 4 is 46.2 Å². The van der Waals surface area contributed by atoms with Crippen molar-refractivity contribution in [3.63, 3.8) is 0 Å². The number of halogens is 1. The zero-order valence-electron chi connectivity index (χ0n) is 28.9. The van der Waals surface area contributed by atoms with Gasteiger partial charge in [0.25, 0.3) is 0 Å². The number of aliphatic carboxylic acids is 1. The number of amides is 3. The van der Waals surface area contributed by atoms with Crippen LogP contribution in [0.1, 0.15) is 70.9 Å². The quantitative estimate of drug-likeness (QED) is 0.126. The first-order chi connectivity index (χ1) is 22.9. The second-order valence-electron chi connectivity index (χ2n) is 13.0. The third-order valence-electron chi connectivity index (χ3n) is 8.53. The number of hydrogen-bond donors (Lipinski definition) is 4. The molecule has 4 N–H and O–H groups in total. The van der Waals surface area contributed by atoms with Gasteiger partial charge < -0.3 is 25.6 Å². The molecule has 0 aliphatic carbocycles. The molecule has 0 aliphatic heterocycles. The van der Waals surface area contributed by atoms with Gasteiger partial charge in [0.2, 0.25) is 17.7 Å². The molecule has 3 rings (SSSR count). The zero-order chi connectivity index (χ0) is 35.2. The van der Waals surface area contributed by atoms with Crippen molar-refractivity contribution in [3.8, 4) is 0 Å². The molecule has 2 aromatic carbocycles. The monoisotopic (exact) mass is 681 g/mol. The van der Waals surface area contributed by atoms with Gasteiger partial charge in [-0.1, -0.05) is 82.5 Å². The fraction of sp³-hybridized carbons (Fsp3) is 0.514. The van der Waals surface area contributed by atoms with E-state index in [1.54, 1.807) is 42.4 Å². The minimum atomic E-state index is -1.23. The Balaban J connectivity index is 1.86. The molecule has 0 radical (unpaired) electrons. The van der Waals surface area contributed by atoms with Crippen molar-refractivity contribution in [1.82, 2.24) is 25.4 Å². The predicted molar refractivity (Wildman–Crippen MR) is 191 cm³/mol. The lowest BCUT2D eigenvalue weighted by Gasteiger charge is -2.32. The predicted octanol–water partition coefficient (Wildman–Crippen LogP) is 5.44. The molecule has 0 bridgehead atoms. The molecule has 10 nitrogen and oxygen atoms in total. The van der Waals surface area contributed by atoms with E-state index in [0.717, 1.165) is 42.1 Å². The maximum Gasteiger partial charge on any atom is 0.326 e. The van der Waals surface area contributed by atoms with E-state index in [0.29, 0.717) is 30.1 Å². The van der Waals surface area contributed by atoms with Crippen LogP contribution in [-0.4, -0.2) is 88.4 Å². The fourth-order valence-electron chi connectivity index (χ4n) is 5.74. The van der Waals surface area contributed by atoms with Crippen molar-refractivity contribution in [3.05, 3.63) is 70.9 Å². The molecule has 0 saturated carbocycles. The summed E-state index contributed by atoms with van der Waals surface area (Å²) in [5.74, 6) is -2.09. The van der Waals surface area contributed by atoms with Crippen LogP contribution in [0.4, 0.5) is 0 Å². The van der Waals surface area contributed by atoms with Gasteiger partial charge in [-0.15, -0.1) is 0 Å².